The summed E-state index contributed by atoms with van der Waals surface area (Å²) in [6.45, 7) is 3.56. The number of nitrogens with two attached hydrogens (primary N) is 1. The van der Waals surface area contributed by atoms with E-state index in [1.54, 1.807) is 23.2 Å². The van der Waals surface area contributed by atoms with E-state index in [2.05, 4.69) is 10.3 Å². The van der Waals surface area contributed by atoms with E-state index < -0.39 is 0 Å². The van der Waals surface area contributed by atoms with Gasteiger partial charge in [-0.05, 0) is 30.9 Å². The molecule has 6 nitrogen and oxygen atoms in total. The van der Waals surface area contributed by atoms with Crippen molar-refractivity contribution in [3.05, 3.63) is 24.0 Å². The van der Waals surface area contributed by atoms with E-state index in [1.165, 1.54) is 6.92 Å². The summed E-state index contributed by atoms with van der Waals surface area (Å²) in [5.74, 6) is 0.315. The van der Waals surface area contributed by atoms with Gasteiger partial charge in [0.15, 0.2) is 5.69 Å². The summed E-state index contributed by atoms with van der Waals surface area (Å²) in [6.07, 6.45) is 3.35. The molecule has 0 radical (unpaired) electrons. The molecular weight excluding hydrogens is 256 g/mol. The van der Waals surface area contributed by atoms with Crippen molar-refractivity contribution in [3.63, 3.8) is 0 Å². The number of likely N-dealkylation sites (tertiary alicyclic amines) is 1. The van der Waals surface area contributed by atoms with Gasteiger partial charge in [0.1, 0.15) is 0 Å². The minimum absolute atomic E-state index is 0.00948. The first-order valence-electron chi connectivity index (χ1n) is 6.82. The van der Waals surface area contributed by atoms with Crippen LogP contribution >= 0.6 is 0 Å². The lowest BCUT2D eigenvalue weighted by molar-refractivity contribution is -0.119. The molecular formula is C14H20N4O2. The molecule has 2 heterocycles. The van der Waals surface area contributed by atoms with Gasteiger partial charge in [0.05, 0.1) is 5.69 Å². The number of nitrogens with one attached hydrogen (secondary N) is 1. The van der Waals surface area contributed by atoms with Gasteiger partial charge in [-0.3, -0.25) is 9.59 Å². The van der Waals surface area contributed by atoms with Crippen molar-refractivity contribution in [3.8, 4) is 0 Å². The van der Waals surface area contributed by atoms with E-state index in [0.29, 0.717) is 36.9 Å². The fraction of sp³-hybridized carbons (Fsp3) is 0.500. The number of rotatable bonds is 3. The molecule has 0 unspecified atom stereocenters. The highest BCUT2D eigenvalue weighted by Crippen LogP contribution is 2.19. The zero-order valence-electron chi connectivity index (χ0n) is 11.6. The fourth-order valence-electron chi connectivity index (χ4n) is 2.37. The summed E-state index contributed by atoms with van der Waals surface area (Å²) >= 11 is 0. The number of nitrogen functional groups attached to an aromatic ring is 1. The van der Waals surface area contributed by atoms with Crippen LogP contribution in [-0.4, -0.2) is 41.3 Å². The van der Waals surface area contributed by atoms with Crippen molar-refractivity contribution >= 4 is 17.5 Å². The first-order valence-corrected chi connectivity index (χ1v) is 6.82. The van der Waals surface area contributed by atoms with E-state index in [9.17, 15) is 9.59 Å². The topological polar surface area (TPSA) is 88.3 Å². The molecule has 108 valence electrons. The molecule has 0 bridgehead atoms. The molecule has 0 spiro atoms. The maximum atomic E-state index is 12.3. The fourth-order valence-corrected chi connectivity index (χ4v) is 2.37. The van der Waals surface area contributed by atoms with Crippen LogP contribution in [0.25, 0.3) is 0 Å². The zero-order chi connectivity index (χ0) is 14.5. The van der Waals surface area contributed by atoms with Gasteiger partial charge in [0.25, 0.3) is 5.91 Å². The number of aromatic nitrogens is 1. The minimum atomic E-state index is -0.110. The van der Waals surface area contributed by atoms with Gasteiger partial charge >= 0.3 is 0 Å². The number of amides is 2. The van der Waals surface area contributed by atoms with Crippen LogP contribution in [-0.2, 0) is 4.79 Å². The molecule has 1 aliphatic rings. The van der Waals surface area contributed by atoms with Crippen LogP contribution in [0.15, 0.2) is 18.3 Å². The molecule has 0 aliphatic carbocycles. The molecule has 1 aliphatic heterocycles. The van der Waals surface area contributed by atoms with Crippen LogP contribution < -0.4 is 11.1 Å². The number of carbonyl (C=O) groups excluding carboxylic acids is 2. The predicted molar refractivity (Wildman–Crippen MR) is 76.0 cm³/mol. The average molecular weight is 276 g/mol. The summed E-state index contributed by atoms with van der Waals surface area (Å²) in [6, 6.07) is 3.40. The third-order valence-corrected chi connectivity index (χ3v) is 3.58. The van der Waals surface area contributed by atoms with Crippen LogP contribution in [0.5, 0.6) is 0 Å². The van der Waals surface area contributed by atoms with Gasteiger partial charge in [0, 0.05) is 32.8 Å². The quantitative estimate of drug-likeness (QED) is 0.848. The second-order valence-electron chi connectivity index (χ2n) is 5.11. The molecule has 1 aromatic heterocycles. The van der Waals surface area contributed by atoms with E-state index in [1.807, 2.05) is 0 Å². The van der Waals surface area contributed by atoms with Crippen molar-refractivity contribution in [1.82, 2.24) is 15.2 Å². The maximum Gasteiger partial charge on any atom is 0.274 e. The van der Waals surface area contributed by atoms with Crippen molar-refractivity contribution in [1.29, 1.82) is 0 Å². The molecule has 0 aromatic carbocycles. The van der Waals surface area contributed by atoms with Gasteiger partial charge in [-0.1, -0.05) is 0 Å². The second kappa shape index (κ2) is 6.36. The molecule has 6 heteroatoms. The highest BCUT2D eigenvalue weighted by molar-refractivity contribution is 5.97. The third kappa shape index (κ3) is 3.46. The maximum absolute atomic E-state index is 12.3. The van der Waals surface area contributed by atoms with Crippen LogP contribution in [0, 0.1) is 5.92 Å². The number of piperidine rings is 1. The monoisotopic (exact) mass is 276 g/mol. The second-order valence-corrected chi connectivity index (χ2v) is 5.11. The van der Waals surface area contributed by atoms with Crippen LogP contribution in [0.2, 0.25) is 0 Å². The molecule has 1 saturated heterocycles. The van der Waals surface area contributed by atoms with E-state index >= 15 is 0 Å². The van der Waals surface area contributed by atoms with Gasteiger partial charge in [-0.25, -0.2) is 4.98 Å². The normalized spacial score (nSPS) is 15.9. The first kappa shape index (κ1) is 14.3. The summed E-state index contributed by atoms with van der Waals surface area (Å²) in [5, 5.41) is 2.83. The number of pyridine rings is 1. The van der Waals surface area contributed by atoms with Gasteiger partial charge in [-0.2, -0.15) is 0 Å². The number of hydrogen-bond donors (Lipinski definition) is 2. The number of hydrogen-bond acceptors (Lipinski definition) is 4. The van der Waals surface area contributed by atoms with Crippen LogP contribution in [0.1, 0.15) is 30.3 Å². The van der Waals surface area contributed by atoms with E-state index in [-0.39, 0.29) is 11.8 Å². The van der Waals surface area contributed by atoms with Crippen molar-refractivity contribution < 1.29 is 9.59 Å². The van der Waals surface area contributed by atoms with Crippen molar-refractivity contribution in [2.75, 3.05) is 25.4 Å². The smallest absolute Gasteiger partial charge is 0.274 e. The lowest BCUT2D eigenvalue weighted by atomic mass is 9.96. The molecule has 1 aromatic rings. The SMILES string of the molecule is CC(=O)NCC1CCN(C(=O)c2ncccc2N)CC1. The highest BCUT2D eigenvalue weighted by Gasteiger charge is 2.25. The highest BCUT2D eigenvalue weighted by atomic mass is 16.2. The molecule has 0 atom stereocenters. The van der Waals surface area contributed by atoms with Crippen molar-refractivity contribution in [2.45, 2.75) is 19.8 Å². The Bertz CT molecular complexity index is 496. The summed E-state index contributed by atoms with van der Waals surface area (Å²) < 4.78 is 0. The lowest BCUT2D eigenvalue weighted by Gasteiger charge is -2.32. The third-order valence-electron chi connectivity index (χ3n) is 3.58. The Morgan fingerprint density at radius 1 is 1.45 bits per heavy atom. The van der Waals surface area contributed by atoms with Crippen LogP contribution in [0.3, 0.4) is 0 Å². The number of carbonyl (C=O) groups is 2. The van der Waals surface area contributed by atoms with Crippen molar-refractivity contribution in [2.24, 2.45) is 5.92 Å². The number of nitrogens with zero attached hydrogens (tertiary/aromatic N) is 2. The predicted octanol–water partition coefficient (Wildman–Crippen LogP) is 0.652. The van der Waals surface area contributed by atoms with E-state index in [0.717, 1.165) is 12.8 Å². The Morgan fingerprint density at radius 2 is 2.15 bits per heavy atom. The Hall–Kier alpha value is -2.11. The van der Waals surface area contributed by atoms with Gasteiger partial charge in [-0.15, -0.1) is 0 Å². The largest absolute Gasteiger partial charge is 0.397 e. The summed E-state index contributed by atoms with van der Waals surface area (Å²) in [7, 11) is 0. The Balaban J connectivity index is 1.89. The Labute approximate surface area is 118 Å². The Kier molecular flexibility index (Phi) is 4.55. The minimum Gasteiger partial charge on any atom is -0.397 e. The van der Waals surface area contributed by atoms with E-state index in [4.69, 9.17) is 5.73 Å². The molecule has 1 fully saturated rings. The molecule has 0 saturated carbocycles. The molecule has 20 heavy (non-hydrogen) atoms. The standard InChI is InChI=1S/C14H20N4O2/c1-10(19)17-9-11-4-7-18(8-5-11)14(20)13-12(15)3-2-6-16-13/h2-3,6,11H,4-5,7-9,15H2,1H3,(H,17,19). The zero-order valence-corrected chi connectivity index (χ0v) is 11.6. The van der Waals surface area contributed by atoms with Gasteiger partial charge < -0.3 is 16.0 Å². The molecule has 3 N–H and O–H groups in total. The molecule has 2 amide bonds. The first-order chi connectivity index (χ1) is 9.58. The average Bonchev–Trinajstić information content (AvgIpc) is 2.45. The number of anilines is 1. The summed E-state index contributed by atoms with van der Waals surface area (Å²) in [4.78, 5) is 29.0. The van der Waals surface area contributed by atoms with Crippen LogP contribution in [0.4, 0.5) is 5.69 Å². The molecule has 2 rings (SSSR count). The van der Waals surface area contributed by atoms with Gasteiger partial charge in [0.2, 0.25) is 5.91 Å². The lowest BCUT2D eigenvalue weighted by Crippen LogP contribution is -2.41. The summed E-state index contributed by atoms with van der Waals surface area (Å²) in [5.41, 5.74) is 6.52. The Morgan fingerprint density at radius 3 is 2.75 bits per heavy atom.